The molecule has 1 aromatic rings. The second-order valence-corrected chi connectivity index (χ2v) is 4.85. The number of nitro benzene ring substituents is 1. The molecule has 0 aliphatic heterocycles. The summed E-state index contributed by atoms with van der Waals surface area (Å²) in [5.41, 5.74) is 1.56. The number of nitrogens with one attached hydrogen (secondary N) is 1. The second-order valence-electron chi connectivity index (χ2n) is 4.85. The van der Waals surface area contributed by atoms with E-state index in [1.165, 1.54) is 6.07 Å². The lowest BCUT2D eigenvalue weighted by Crippen LogP contribution is -2.22. The molecule has 1 aliphatic rings. The highest BCUT2D eigenvalue weighted by Crippen LogP contribution is 2.28. The first kappa shape index (κ1) is 12.8. The largest absolute Gasteiger partial charge is 0.393 e. The molecule has 1 aromatic carbocycles. The molecule has 1 fully saturated rings. The summed E-state index contributed by atoms with van der Waals surface area (Å²) in [6.07, 6.45) is 2.70. The van der Waals surface area contributed by atoms with E-state index in [4.69, 9.17) is 0 Å². The lowest BCUT2D eigenvalue weighted by atomic mass is 10.1. The normalized spacial score (nSPS) is 23.0. The quantitative estimate of drug-likeness (QED) is 0.636. The third-order valence-electron chi connectivity index (χ3n) is 3.68. The van der Waals surface area contributed by atoms with Crippen molar-refractivity contribution in [1.29, 1.82) is 0 Å². The minimum atomic E-state index is -0.370. The fraction of sp³-hybridized carbons (Fsp3) is 0.538. The molecule has 1 aliphatic carbocycles. The standard InChI is InChI=1S/C13H18N2O3/c1-9-11(5-3-6-12(9)15(17)18)14-8-10-4-2-7-13(10)16/h3,5-6,10,13-14,16H,2,4,7-8H2,1H3. The average Bonchev–Trinajstić information content (AvgIpc) is 2.73. The molecule has 5 heteroatoms. The number of nitrogens with zero attached hydrogens (tertiary/aromatic N) is 1. The molecule has 0 spiro atoms. The van der Waals surface area contributed by atoms with Crippen molar-refractivity contribution in [2.45, 2.75) is 32.3 Å². The highest BCUT2D eigenvalue weighted by molar-refractivity contribution is 5.59. The molecule has 2 atom stereocenters. The summed E-state index contributed by atoms with van der Waals surface area (Å²) >= 11 is 0. The van der Waals surface area contributed by atoms with Gasteiger partial charge in [0.05, 0.1) is 11.0 Å². The Hall–Kier alpha value is -1.62. The second kappa shape index (κ2) is 5.35. The predicted molar refractivity (Wildman–Crippen MR) is 69.7 cm³/mol. The van der Waals surface area contributed by atoms with Crippen LogP contribution in [0.15, 0.2) is 18.2 Å². The first-order valence-electron chi connectivity index (χ1n) is 6.25. The van der Waals surface area contributed by atoms with Crippen LogP contribution in [0.1, 0.15) is 24.8 Å². The van der Waals surface area contributed by atoms with Gasteiger partial charge in [-0.1, -0.05) is 12.5 Å². The van der Waals surface area contributed by atoms with E-state index >= 15 is 0 Å². The maximum Gasteiger partial charge on any atom is 0.274 e. The van der Waals surface area contributed by atoms with Crippen molar-refractivity contribution in [1.82, 2.24) is 0 Å². The van der Waals surface area contributed by atoms with Crippen molar-refractivity contribution in [2.24, 2.45) is 5.92 Å². The van der Waals surface area contributed by atoms with Crippen LogP contribution in [0, 0.1) is 23.0 Å². The number of anilines is 1. The number of aliphatic hydroxyl groups excluding tert-OH is 1. The van der Waals surface area contributed by atoms with Gasteiger partial charge < -0.3 is 10.4 Å². The molecule has 2 unspecified atom stereocenters. The van der Waals surface area contributed by atoms with Crippen LogP contribution in [0.2, 0.25) is 0 Å². The minimum Gasteiger partial charge on any atom is -0.393 e. The molecule has 0 bridgehead atoms. The summed E-state index contributed by atoms with van der Waals surface area (Å²) in [6, 6.07) is 5.02. The van der Waals surface area contributed by atoms with Crippen LogP contribution in [0.3, 0.4) is 0 Å². The number of benzene rings is 1. The first-order valence-corrected chi connectivity index (χ1v) is 6.25. The van der Waals surface area contributed by atoms with E-state index < -0.39 is 0 Å². The third-order valence-corrected chi connectivity index (χ3v) is 3.68. The molecular weight excluding hydrogens is 232 g/mol. The highest BCUT2D eigenvalue weighted by atomic mass is 16.6. The Morgan fingerprint density at radius 2 is 2.28 bits per heavy atom. The van der Waals surface area contributed by atoms with Gasteiger partial charge in [-0.3, -0.25) is 10.1 Å². The van der Waals surface area contributed by atoms with Gasteiger partial charge in [0.2, 0.25) is 0 Å². The summed E-state index contributed by atoms with van der Waals surface area (Å²) < 4.78 is 0. The maximum atomic E-state index is 10.8. The number of nitro groups is 1. The van der Waals surface area contributed by atoms with Crippen molar-refractivity contribution in [2.75, 3.05) is 11.9 Å². The van der Waals surface area contributed by atoms with Gasteiger partial charge in [0, 0.05) is 29.8 Å². The van der Waals surface area contributed by atoms with Crippen LogP contribution in [0.25, 0.3) is 0 Å². The Morgan fingerprint density at radius 3 is 2.89 bits per heavy atom. The first-order chi connectivity index (χ1) is 8.59. The molecule has 2 N–H and O–H groups in total. The molecule has 2 rings (SSSR count). The lowest BCUT2D eigenvalue weighted by Gasteiger charge is -2.17. The zero-order chi connectivity index (χ0) is 13.1. The van der Waals surface area contributed by atoms with E-state index in [9.17, 15) is 15.2 Å². The Bertz CT molecular complexity index is 448. The summed E-state index contributed by atoms with van der Waals surface area (Å²) in [6.45, 7) is 2.41. The molecule has 5 nitrogen and oxygen atoms in total. The molecule has 0 aromatic heterocycles. The Balaban J connectivity index is 2.05. The molecular formula is C13H18N2O3. The number of rotatable bonds is 4. The highest BCUT2D eigenvalue weighted by Gasteiger charge is 2.25. The third kappa shape index (κ3) is 2.61. The van der Waals surface area contributed by atoms with Gasteiger partial charge in [-0.15, -0.1) is 0 Å². The minimum absolute atomic E-state index is 0.131. The van der Waals surface area contributed by atoms with E-state index in [1.807, 2.05) is 6.07 Å². The van der Waals surface area contributed by atoms with Crippen LogP contribution in [-0.2, 0) is 0 Å². The van der Waals surface area contributed by atoms with E-state index in [2.05, 4.69) is 5.32 Å². The van der Waals surface area contributed by atoms with Gasteiger partial charge in [-0.25, -0.2) is 0 Å². The van der Waals surface area contributed by atoms with Crippen molar-refractivity contribution in [3.05, 3.63) is 33.9 Å². The maximum absolute atomic E-state index is 10.8. The SMILES string of the molecule is Cc1c(NCC2CCCC2O)cccc1[N+](=O)[O-]. The molecule has 0 saturated heterocycles. The predicted octanol–water partition coefficient (Wildman–Crippen LogP) is 2.48. The fourth-order valence-electron chi connectivity index (χ4n) is 2.51. The number of aliphatic hydroxyl groups is 1. The van der Waals surface area contributed by atoms with Crippen LogP contribution < -0.4 is 5.32 Å². The van der Waals surface area contributed by atoms with E-state index in [-0.39, 0.29) is 22.6 Å². The number of hydrogen-bond acceptors (Lipinski definition) is 4. The number of hydrogen-bond donors (Lipinski definition) is 2. The summed E-state index contributed by atoms with van der Waals surface area (Å²) in [4.78, 5) is 10.5. The summed E-state index contributed by atoms with van der Waals surface area (Å²) in [5.74, 6) is 0.253. The molecule has 0 heterocycles. The molecule has 1 saturated carbocycles. The Kier molecular flexibility index (Phi) is 3.81. The summed E-state index contributed by atoms with van der Waals surface area (Å²) in [7, 11) is 0. The van der Waals surface area contributed by atoms with Crippen LogP contribution in [0.4, 0.5) is 11.4 Å². The van der Waals surface area contributed by atoms with Crippen molar-refractivity contribution < 1.29 is 10.0 Å². The van der Waals surface area contributed by atoms with Gasteiger partial charge in [-0.05, 0) is 25.8 Å². The van der Waals surface area contributed by atoms with Gasteiger partial charge in [-0.2, -0.15) is 0 Å². The summed E-state index contributed by atoms with van der Waals surface area (Å²) in [5, 5.41) is 23.8. The Labute approximate surface area is 106 Å². The van der Waals surface area contributed by atoms with E-state index in [0.29, 0.717) is 12.1 Å². The average molecular weight is 250 g/mol. The lowest BCUT2D eigenvalue weighted by molar-refractivity contribution is -0.385. The molecule has 18 heavy (non-hydrogen) atoms. The molecule has 98 valence electrons. The van der Waals surface area contributed by atoms with Gasteiger partial charge in [0.15, 0.2) is 0 Å². The van der Waals surface area contributed by atoms with Gasteiger partial charge >= 0.3 is 0 Å². The van der Waals surface area contributed by atoms with Crippen molar-refractivity contribution >= 4 is 11.4 Å². The zero-order valence-corrected chi connectivity index (χ0v) is 10.4. The molecule has 0 radical (unpaired) electrons. The van der Waals surface area contributed by atoms with Crippen molar-refractivity contribution in [3.8, 4) is 0 Å². The monoisotopic (exact) mass is 250 g/mol. The zero-order valence-electron chi connectivity index (χ0n) is 10.4. The fourth-order valence-corrected chi connectivity index (χ4v) is 2.51. The van der Waals surface area contributed by atoms with Crippen molar-refractivity contribution in [3.63, 3.8) is 0 Å². The van der Waals surface area contributed by atoms with E-state index in [1.54, 1.807) is 13.0 Å². The van der Waals surface area contributed by atoms with Gasteiger partial charge in [0.1, 0.15) is 0 Å². The van der Waals surface area contributed by atoms with E-state index in [0.717, 1.165) is 24.9 Å². The van der Waals surface area contributed by atoms with Gasteiger partial charge in [0.25, 0.3) is 5.69 Å². The smallest absolute Gasteiger partial charge is 0.274 e. The Morgan fingerprint density at radius 1 is 1.50 bits per heavy atom. The van der Waals surface area contributed by atoms with Crippen LogP contribution in [-0.4, -0.2) is 22.7 Å². The molecule has 0 amide bonds. The van der Waals surface area contributed by atoms with Crippen LogP contribution >= 0.6 is 0 Å². The topological polar surface area (TPSA) is 75.4 Å². The van der Waals surface area contributed by atoms with Crippen LogP contribution in [0.5, 0.6) is 0 Å².